The number of rotatable bonds is 45. The van der Waals surface area contributed by atoms with Crippen LogP contribution in [0, 0.1) is 0 Å². The number of carboxylic acids is 1. The molecule has 11 heteroatoms. The van der Waals surface area contributed by atoms with Gasteiger partial charge in [0.15, 0.2) is 0 Å². The Balaban J connectivity index is 4.35. The van der Waals surface area contributed by atoms with Gasteiger partial charge in [0.05, 0.1) is 19.8 Å². The molecule has 0 aliphatic rings. The third-order valence-corrected chi connectivity index (χ3v) is 10.7. The Bertz CT molecular complexity index is 1490. The fourth-order valence-electron chi connectivity index (χ4n) is 5.95. The largest absolute Gasteiger partial charge is 0.480 e. The van der Waals surface area contributed by atoms with E-state index in [0.29, 0.717) is 19.4 Å². The van der Waals surface area contributed by atoms with Crippen LogP contribution in [0.15, 0.2) is 122 Å². The lowest BCUT2D eigenvalue weighted by atomic mass is 10.1. The number of hydrogen-bond donors (Lipinski definition) is 3. The topological polar surface area (TPSA) is 155 Å². The summed E-state index contributed by atoms with van der Waals surface area (Å²) < 4.78 is 33.4. The molecule has 0 saturated heterocycles. The maximum Gasteiger partial charge on any atom is 0.472 e. The van der Waals surface area contributed by atoms with Crippen molar-refractivity contribution < 1.29 is 42.7 Å². The number of carbonyl (C=O) groups excluding carboxylic acids is 1. The minimum atomic E-state index is -4.65. The molecule has 0 saturated carbocycles. The van der Waals surface area contributed by atoms with Crippen LogP contribution in [0.25, 0.3) is 0 Å². The highest BCUT2D eigenvalue weighted by molar-refractivity contribution is 7.47. The third-order valence-electron chi connectivity index (χ3n) is 9.73. The van der Waals surface area contributed by atoms with E-state index in [9.17, 15) is 19.0 Å². The highest BCUT2D eigenvalue weighted by atomic mass is 31.2. The number of nitrogens with two attached hydrogens (primary N) is 1. The lowest BCUT2D eigenvalue weighted by Gasteiger charge is -2.20. The average Bonchev–Trinajstić information content (AvgIpc) is 3.29. The van der Waals surface area contributed by atoms with Crippen LogP contribution < -0.4 is 5.73 Å². The van der Waals surface area contributed by atoms with Crippen LogP contribution in [-0.4, -0.2) is 60.5 Å². The maximum absolute atomic E-state index is 12.7. The Kier molecular flexibility index (Phi) is 45.6. The first kappa shape index (κ1) is 61.4. The van der Waals surface area contributed by atoms with Crippen LogP contribution in [0.3, 0.4) is 0 Å². The number of esters is 1. The zero-order valence-corrected chi connectivity index (χ0v) is 41.2. The Morgan fingerprint density at radius 3 is 1.34 bits per heavy atom. The monoisotopic (exact) mass is 926 g/mol. The molecule has 0 rings (SSSR count). The highest BCUT2D eigenvalue weighted by Crippen LogP contribution is 2.43. The molecule has 0 amide bonds. The predicted molar refractivity (Wildman–Crippen MR) is 272 cm³/mol. The van der Waals surface area contributed by atoms with Crippen LogP contribution in [-0.2, 0) is 32.7 Å². The van der Waals surface area contributed by atoms with Crippen LogP contribution in [0.1, 0.15) is 168 Å². The van der Waals surface area contributed by atoms with Gasteiger partial charge in [-0.05, 0) is 103 Å². The molecule has 0 bridgehead atoms. The molecule has 3 unspecified atom stereocenters. The number of phosphoric acid groups is 1. The Hall–Kier alpha value is -3.63. The number of allylic oxidation sites excluding steroid dienone is 20. The quantitative estimate of drug-likeness (QED) is 0.0233. The lowest BCUT2D eigenvalue weighted by Crippen LogP contribution is -2.34. The maximum atomic E-state index is 12.7. The molecule has 0 aromatic heterocycles. The van der Waals surface area contributed by atoms with Gasteiger partial charge in [0, 0.05) is 13.0 Å². The van der Waals surface area contributed by atoms with Gasteiger partial charge in [-0.3, -0.25) is 18.6 Å². The minimum Gasteiger partial charge on any atom is -0.480 e. The van der Waals surface area contributed by atoms with Crippen molar-refractivity contribution in [3.05, 3.63) is 122 Å². The molecule has 3 atom stereocenters. The molecular formula is C54H88NO9P. The molecule has 0 radical (unpaired) electrons. The van der Waals surface area contributed by atoms with Crippen LogP contribution in [0.4, 0.5) is 0 Å². The van der Waals surface area contributed by atoms with E-state index in [0.717, 1.165) is 83.5 Å². The fourth-order valence-corrected chi connectivity index (χ4v) is 6.73. The summed E-state index contributed by atoms with van der Waals surface area (Å²) in [7, 11) is -4.65. The van der Waals surface area contributed by atoms with Crippen molar-refractivity contribution in [2.24, 2.45) is 5.73 Å². The Labute approximate surface area is 394 Å². The second kappa shape index (κ2) is 48.3. The van der Waals surface area contributed by atoms with Gasteiger partial charge in [-0.2, -0.15) is 0 Å². The zero-order chi connectivity index (χ0) is 47.6. The first-order valence-electron chi connectivity index (χ1n) is 24.6. The van der Waals surface area contributed by atoms with Crippen molar-refractivity contribution in [1.82, 2.24) is 0 Å². The van der Waals surface area contributed by atoms with Crippen molar-refractivity contribution in [2.45, 2.75) is 180 Å². The second-order valence-corrected chi connectivity index (χ2v) is 17.3. The van der Waals surface area contributed by atoms with Crippen LogP contribution in [0.2, 0.25) is 0 Å². The summed E-state index contributed by atoms with van der Waals surface area (Å²) in [5.74, 6) is -1.86. The van der Waals surface area contributed by atoms with E-state index in [1.807, 2.05) is 6.08 Å². The fraction of sp³-hybridized carbons (Fsp3) is 0.593. The number of carboxylic acid groups (broad SMARTS) is 1. The molecule has 10 nitrogen and oxygen atoms in total. The molecule has 0 aliphatic carbocycles. The Morgan fingerprint density at radius 1 is 0.508 bits per heavy atom. The van der Waals surface area contributed by atoms with Gasteiger partial charge in [-0.15, -0.1) is 0 Å². The highest BCUT2D eigenvalue weighted by Gasteiger charge is 2.27. The number of aliphatic carboxylic acids is 1. The molecule has 0 aromatic carbocycles. The smallest absolute Gasteiger partial charge is 0.472 e. The number of ether oxygens (including phenoxy) is 2. The summed E-state index contributed by atoms with van der Waals surface area (Å²) in [6.45, 7) is 3.62. The van der Waals surface area contributed by atoms with Gasteiger partial charge in [0.25, 0.3) is 0 Å². The molecule has 0 aromatic rings. The summed E-state index contributed by atoms with van der Waals surface area (Å²) in [4.78, 5) is 33.6. The van der Waals surface area contributed by atoms with E-state index in [4.69, 9.17) is 29.4 Å². The van der Waals surface area contributed by atoms with Crippen molar-refractivity contribution in [3.63, 3.8) is 0 Å². The van der Waals surface area contributed by atoms with Gasteiger partial charge in [-0.25, -0.2) is 4.57 Å². The number of unbranched alkanes of at least 4 members (excludes halogenated alkanes) is 11. The van der Waals surface area contributed by atoms with E-state index in [1.165, 1.54) is 51.4 Å². The van der Waals surface area contributed by atoms with E-state index < -0.39 is 45.1 Å². The SMILES string of the molecule is CC/C=C\C/C=C\C/C=C\C/C=C\C/C=C\C/C=C\C/C=C\CCCC(=O)OC(COCCCCCCCCC/C=C\C/C=C\C/C=C\CCCCC)COP(=O)(O)OCC(N)C(=O)O. The predicted octanol–water partition coefficient (Wildman–Crippen LogP) is 14.4. The van der Waals surface area contributed by atoms with Crippen LogP contribution in [0.5, 0.6) is 0 Å². The first-order chi connectivity index (χ1) is 31.7. The zero-order valence-electron chi connectivity index (χ0n) is 40.3. The van der Waals surface area contributed by atoms with Crippen molar-refractivity contribution in [3.8, 4) is 0 Å². The van der Waals surface area contributed by atoms with Gasteiger partial charge >= 0.3 is 19.8 Å². The molecule has 368 valence electrons. The molecule has 4 N–H and O–H groups in total. The lowest BCUT2D eigenvalue weighted by molar-refractivity contribution is -0.154. The van der Waals surface area contributed by atoms with E-state index in [2.05, 4.69) is 129 Å². The molecule has 0 heterocycles. The first-order valence-corrected chi connectivity index (χ1v) is 26.1. The average molecular weight is 926 g/mol. The number of phosphoric ester groups is 1. The van der Waals surface area contributed by atoms with E-state index in [1.54, 1.807) is 0 Å². The van der Waals surface area contributed by atoms with Gasteiger partial charge in [0.1, 0.15) is 12.1 Å². The summed E-state index contributed by atoms with van der Waals surface area (Å²) >= 11 is 0. The third kappa shape index (κ3) is 48.1. The standard InChI is InChI=1S/C54H88NO9P/c1-3-5-7-9-11-13-15-17-19-21-23-25-26-27-28-30-32-34-36-38-40-42-44-46-53(56)64-51(49-62-65(59,60)63-50-52(55)54(57)58)48-61-47-45-43-41-39-37-35-33-31-29-24-22-20-18-16-14-12-10-8-6-4-2/h5,7,11-14,17-20,23-25,27-29,32,34,38,40,51-52H,3-4,6,8-10,15-16,21-22,26,30-31,33,35-37,39,41-50,55H2,1-2H3,(H,57,58)(H,59,60)/b7-5-,13-11-,14-12-,19-17-,20-18-,25-23-,28-27-,29-24-,34-32-,40-38-. The summed E-state index contributed by atoms with van der Waals surface area (Å²) in [6.07, 6.45) is 66.9. The van der Waals surface area contributed by atoms with Crippen molar-refractivity contribution in [2.75, 3.05) is 26.4 Å². The molecule has 0 aliphatic heterocycles. The minimum absolute atomic E-state index is 0.0221. The molecule has 0 spiro atoms. The second-order valence-electron chi connectivity index (χ2n) is 15.9. The van der Waals surface area contributed by atoms with E-state index in [-0.39, 0.29) is 13.0 Å². The summed E-state index contributed by atoms with van der Waals surface area (Å²) in [6, 6.07) is -1.49. The van der Waals surface area contributed by atoms with Gasteiger partial charge in [-0.1, -0.05) is 180 Å². The normalized spacial score (nSPS) is 14.8. The Morgan fingerprint density at radius 2 is 0.892 bits per heavy atom. The summed E-state index contributed by atoms with van der Waals surface area (Å²) in [5, 5.41) is 8.92. The van der Waals surface area contributed by atoms with Crippen molar-refractivity contribution >= 4 is 19.8 Å². The number of carbonyl (C=O) groups is 2. The van der Waals surface area contributed by atoms with Crippen molar-refractivity contribution in [1.29, 1.82) is 0 Å². The van der Waals surface area contributed by atoms with Gasteiger partial charge < -0.3 is 25.2 Å². The van der Waals surface area contributed by atoms with Crippen LogP contribution >= 0.6 is 7.82 Å². The van der Waals surface area contributed by atoms with E-state index >= 15 is 0 Å². The summed E-state index contributed by atoms with van der Waals surface area (Å²) in [5.41, 5.74) is 5.36. The number of hydrogen-bond acceptors (Lipinski definition) is 8. The van der Waals surface area contributed by atoms with Gasteiger partial charge in [0.2, 0.25) is 0 Å². The molecule has 0 fully saturated rings. The molecule has 65 heavy (non-hydrogen) atoms. The molecular weight excluding hydrogens is 838 g/mol.